The summed E-state index contributed by atoms with van der Waals surface area (Å²) in [4.78, 5) is 26.2. The molecule has 2 amide bonds. The lowest BCUT2D eigenvalue weighted by Gasteiger charge is -2.25. The Hall–Kier alpha value is -2.34. The van der Waals surface area contributed by atoms with Crippen molar-refractivity contribution in [3.8, 4) is 0 Å². The largest absolute Gasteiger partial charge is 0.324 e. The van der Waals surface area contributed by atoms with Crippen molar-refractivity contribution < 1.29 is 14.0 Å². The van der Waals surface area contributed by atoms with Gasteiger partial charge in [-0.3, -0.25) is 9.59 Å². The maximum atomic E-state index is 13.3. The van der Waals surface area contributed by atoms with Crippen LogP contribution in [-0.2, 0) is 15.0 Å². The van der Waals surface area contributed by atoms with Gasteiger partial charge in [-0.25, -0.2) is 4.39 Å². The van der Waals surface area contributed by atoms with Crippen molar-refractivity contribution in [3.05, 3.63) is 65.5 Å². The second kappa shape index (κ2) is 7.72. The lowest BCUT2D eigenvalue weighted by Crippen LogP contribution is -2.36. The van der Waals surface area contributed by atoms with Gasteiger partial charge in [0.2, 0.25) is 11.8 Å². The molecule has 1 unspecified atom stereocenters. The van der Waals surface area contributed by atoms with Crippen LogP contribution < -0.4 is 5.32 Å². The molecule has 2 aromatic carbocycles. The summed E-state index contributed by atoms with van der Waals surface area (Å²) in [5.41, 5.74) is 2.65. The van der Waals surface area contributed by atoms with E-state index in [2.05, 4.69) is 38.2 Å². The van der Waals surface area contributed by atoms with Gasteiger partial charge in [0, 0.05) is 5.69 Å². The van der Waals surface area contributed by atoms with E-state index in [9.17, 15) is 14.0 Å². The summed E-state index contributed by atoms with van der Waals surface area (Å²) in [6, 6.07) is 13.9. The van der Waals surface area contributed by atoms with E-state index >= 15 is 0 Å². The molecule has 2 aromatic rings. The van der Waals surface area contributed by atoms with Gasteiger partial charge in [0.05, 0.1) is 5.75 Å². The fourth-order valence-electron chi connectivity index (χ4n) is 2.97. The van der Waals surface area contributed by atoms with E-state index in [4.69, 9.17) is 0 Å². The Labute approximate surface area is 163 Å². The van der Waals surface area contributed by atoms with Crippen LogP contribution in [0.1, 0.15) is 37.3 Å². The first-order valence-electron chi connectivity index (χ1n) is 8.81. The highest BCUT2D eigenvalue weighted by Crippen LogP contribution is 2.39. The van der Waals surface area contributed by atoms with E-state index in [1.165, 1.54) is 35.5 Å². The standard InChI is InChI=1S/C21H23FN2O2S/c1-21(2,3)15-9-7-14(8-10-15)20-24(19(26)13-27-20)12-18(25)23-17-6-4-5-16(22)11-17/h4-11,20H,12-13H2,1-3H3,(H,23,25). The zero-order chi connectivity index (χ0) is 19.6. The highest BCUT2D eigenvalue weighted by atomic mass is 32.2. The van der Waals surface area contributed by atoms with Crippen LogP contribution in [-0.4, -0.2) is 29.0 Å². The fraction of sp³-hybridized carbons (Fsp3) is 0.333. The highest BCUT2D eigenvalue weighted by Gasteiger charge is 2.34. The predicted molar refractivity (Wildman–Crippen MR) is 107 cm³/mol. The normalized spacial score (nSPS) is 17.3. The van der Waals surface area contributed by atoms with Gasteiger partial charge in [-0.2, -0.15) is 0 Å². The van der Waals surface area contributed by atoms with Crippen molar-refractivity contribution in [2.24, 2.45) is 0 Å². The summed E-state index contributed by atoms with van der Waals surface area (Å²) >= 11 is 1.51. The third kappa shape index (κ3) is 4.69. The van der Waals surface area contributed by atoms with E-state index in [0.717, 1.165) is 5.56 Å². The molecule has 142 valence electrons. The molecule has 0 spiro atoms. The molecule has 1 atom stereocenters. The smallest absolute Gasteiger partial charge is 0.244 e. The van der Waals surface area contributed by atoms with Gasteiger partial charge < -0.3 is 10.2 Å². The molecule has 0 saturated carbocycles. The summed E-state index contributed by atoms with van der Waals surface area (Å²) in [6.45, 7) is 6.39. The number of anilines is 1. The minimum absolute atomic E-state index is 0.0572. The van der Waals surface area contributed by atoms with Gasteiger partial charge in [0.15, 0.2) is 0 Å². The first-order valence-corrected chi connectivity index (χ1v) is 9.86. The van der Waals surface area contributed by atoms with Crippen LogP contribution in [0.15, 0.2) is 48.5 Å². The molecule has 1 N–H and O–H groups in total. The van der Waals surface area contributed by atoms with Crippen molar-refractivity contribution in [1.82, 2.24) is 4.90 Å². The number of amides is 2. The van der Waals surface area contributed by atoms with Crippen LogP contribution in [0.25, 0.3) is 0 Å². The summed E-state index contributed by atoms with van der Waals surface area (Å²) < 4.78 is 13.3. The van der Waals surface area contributed by atoms with E-state index in [0.29, 0.717) is 11.4 Å². The van der Waals surface area contributed by atoms with Crippen LogP contribution in [0.2, 0.25) is 0 Å². The van der Waals surface area contributed by atoms with Crippen molar-refractivity contribution in [2.75, 3.05) is 17.6 Å². The van der Waals surface area contributed by atoms with E-state index in [1.807, 2.05) is 12.1 Å². The molecular weight excluding hydrogens is 363 g/mol. The highest BCUT2D eigenvalue weighted by molar-refractivity contribution is 8.00. The number of nitrogens with one attached hydrogen (secondary N) is 1. The average Bonchev–Trinajstić information content (AvgIpc) is 2.95. The Morgan fingerprint density at radius 2 is 1.93 bits per heavy atom. The predicted octanol–water partition coefficient (Wildman–Crippen LogP) is 4.34. The molecule has 3 rings (SSSR count). The molecule has 1 saturated heterocycles. The Morgan fingerprint density at radius 1 is 1.22 bits per heavy atom. The molecular formula is C21H23FN2O2S. The second-order valence-corrected chi connectivity index (χ2v) is 8.68. The summed E-state index contributed by atoms with van der Waals surface area (Å²) in [7, 11) is 0. The first kappa shape index (κ1) is 19.4. The van der Waals surface area contributed by atoms with Gasteiger partial charge in [0.1, 0.15) is 17.7 Å². The Balaban J connectivity index is 1.71. The second-order valence-electron chi connectivity index (χ2n) is 7.62. The minimum atomic E-state index is -0.419. The topological polar surface area (TPSA) is 49.4 Å². The van der Waals surface area contributed by atoms with Crippen LogP contribution in [0.4, 0.5) is 10.1 Å². The van der Waals surface area contributed by atoms with Crippen molar-refractivity contribution in [2.45, 2.75) is 31.6 Å². The van der Waals surface area contributed by atoms with Crippen molar-refractivity contribution in [1.29, 1.82) is 0 Å². The number of rotatable bonds is 4. The fourth-order valence-corrected chi connectivity index (χ4v) is 4.16. The summed E-state index contributed by atoms with van der Waals surface area (Å²) in [5, 5.41) is 2.46. The molecule has 1 aliphatic rings. The van der Waals surface area contributed by atoms with Crippen LogP contribution in [0, 0.1) is 5.82 Å². The van der Waals surface area contributed by atoms with E-state index in [-0.39, 0.29) is 29.1 Å². The molecule has 1 aliphatic heterocycles. The maximum absolute atomic E-state index is 13.3. The van der Waals surface area contributed by atoms with Crippen LogP contribution in [0.5, 0.6) is 0 Å². The van der Waals surface area contributed by atoms with Gasteiger partial charge in [-0.15, -0.1) is 11.8 Å². The zero-order valence-electron chi connectivity index (χ0n) is 15.7. The Kier molecular flexibility index (Phi) is 5.56. The third-order valence-corrected chi connectivity index (χ3v) is 5.71. The average molecular weight is 386 g/mol. The molecule has 1 heterocycles. The molecule has 0 aliphatic carbocycles. The van der Waals surface area contributed by atoms with Gasteiger partial charge in [-0.1, -0.05) is 51.1 Å². The zero-order valence-corrected chi connectivity index (χ0v) is 16.5. The summed E-state index contributed by atoms with van der Waals surface area (Å²) in [6.07, 6.45) is 0. The van der Waals surface area contributed by atoms with Gasteiger partial charge >= 0.3 is 0 Å². The van der Waals surface area contributed by atoms with Crippen molar-refractivity contribution >= 4 is 29.3 Å². The molecule has 4 nitrogen and oxygen atoms in total. The number of hydrogen-bond donors (Lipinski definition) is 1. The number of thioether (sulfide) groups is 1. The number of nitrogens with zero attached hydrogens (tertiary/aromatic N) is 1. The third-order valence-electron chi connectivity index (χ3n) is 4.45. The molecule has 6 heteroatoms. The first-order chi connectivity index (χ1) is 12.7. The number of carbonyl (C=O) groups is 2. The number of hydrogen-bond acceptors (Lipinski definition) is 3. The SMILES string of the molecule is CC(C)(C)c1ccc(C2SCC(=O)N2CC(=O)Nc2cccc(F)c2)cc1. The van der Waals surface area contributed by atoms with E-state index < -0.39 is 5.82 Å². The minimum Gasteiger partial charge on any atom is -0.324 e. The Morgan fingerprint density at radius 3 is 2.56 bits per heavy atom. The molecule has 1 fully saturated rings. The van der Waals surface area contributed by atoms with Crippen LogP contribution >= 0.6 is 11.8 Å². The lowest BCUT2D eigenvalue weighted by molar-refractivity contribution is -0.132. The van der Waals surface area contributed by atoms with Crippen molar-refractivity contribution in [3.63, 3.8) is 0 Å². The lowest BCUT2D eigenvalue weighted by atomic mass is 9.87. The quantitative estimate of drug-likeness (QED) is 0.851. The van der Waals surface area contributed by atoms with E-state index in [1.54, 1.807) is 11.0 Å². The Bertz CT molecular complexity index is 846. The molecule has 0 radical (unpaired) electrons. The number of halogens is 1. The maximum Gasteiger partial charge on any atom is 0.244 e. The molecule has 27 heavy (non-hydrogen) atoms. The molecule has 0 aromatic heterocycles. The number of benzene rings is 2. The van der Waals surface area contributed by atoms with Crippen LogP contribution in [0.3, 0.4) is 0 Å². The number of carbonyl (C=O) groups excluding carboxylic acids is 2. The van der Waals surface area contributed by atoms with Gasteiger partial charge in [0.25, 0.3) is 0 Å². The monoisotopic (exact) mass is 386 g/mol. The molecule has 0 bridgehead atoms. The van der Waals surface area contributed by atoms with Gasteiger partial charge in [-0.05, 0) is 34.7 Å². The summed E-state index contributed by atoms with van der Waals surface area (Å²) in [5.74, 6) is -0.483.